The van der Waals surface area contributed by atoms with E-state index in [1.54, 1.807) is 24.3 Å². The highest BCUT2D eigenvalue weighted by Gasteiger charge is 2.08. The van der Waals surface area contributed by atoms with Crippen molar-refractivity contribution in [3.05, 3.63) is 76.3 Å². The van der Waals surface area contributed by atoms with Gasteiger partial charge in [-0.2, -0.15) is 0 Å². The standard InChI is InChI=1S/C20H18ClN3O3/c1-2-27-17-9-3-14(4-10-17)18-11-20(26)24(13-22-18)12-19(25)23-16-7-5-15(21)6-8-16/h3-11,13H,2,12H2,1H3,(H,23,25). The molecule has 6 nitrogen and oxygen atoms in total. The Hall–Kier alpha value is -3.12. The highest BCUT2D eigenvalue weighted by atomic mass is 35.5. The second-order valence-electron chi connectivity index (χ2n) is 5.75. The number of carbonyl (C=O) groups is 1. The van der Waals surface area contributed by atoms with E-state index in [4.69, 9.17) is 16.3 Å². The van der Waals surface area contributed by atoms with Crippen molar-refractivity contribution in [2.75, 3.05) is 11.9 Å². The van der Waals surface area contributed by atoms with Gasteiger partial charge in [-0.1, -0.05) is 11.6 Å². The van der Waals surface area contributed by atoms with E-state index in [1.165, 1.54) is 17.0 Å². The third-order valence-electron chi connectivity index (χ3n) is 3.78. The third-order valence-corrected chi connectivity index (χ3v) is 4.03. The summed E-state index contributed by atoms with van der Waals surface area (Å²) in [6.07, 6.45) is 1.37. The summed E-state index contributed by atoms with van der Waals surface area (Å²) in [4.78, 5) is 28.7. The molecule has 7 heteroatoms. The summed E-state index contributed by atoms with van der Waals surface area (Å²) in [5.74, 6) is 0.434. The first-order valence-corrected chi connectivity index (χ1v) is 8.78. The first-order chi connectivity index (χ1) is 13.0. The lowest BCUT2D eigenvalue weighted by Gasteiger charge is -2.08. The Morgan fingerprint density at radius 1 is 1.15 bits per heavy atom. The van der Waals surface area contributed by atoms with Crippen molar-refractivity contribution in [2.45, 2.75) is 13.5 Å². The molecule has 0 fully saturated rings. The van der Waals surface area contributed by atoms with Gasteiger partial charge in [0.2, 0.25) is 5.91 Å². The van der Waals surface area contributed by atoms with Crippen molar-refractivity contribution >= 4 is 23.2 Å². The second kappa shape index (κ2) is 8.51. The quantitative estimate of drug-likeness (QED) is 0.705. The predicted octanol–water partition coefficient (Wildman–Crippen LogP) is 3.60. The molecular formula is C20H18ClN3O3. The van der Waals surface area contributed by atoms with E-state index in [9.17, 15) is 9.59 Å². The van der Waals surface area contributed by atoms with Crippen LogP contribution in [-0.4, -0.2) is 22.1 Å². The van der Waals surface area contributed by atoms with Crippen molar-refractivity contribution < 1.29 is 9.53 Å². The van der Waals surface area contributed by atoms with E-state index >= 15 is 0 Å². The van der Waals surface area contributed by atoms with Crippen LogP contribution in [0, 0.1) is 0 Å². The van der Waals surface area contributed by atoms with Gasteiger partial charge in [0.05, 0.1) is 18.6 Å². The molecule has 3 aromatic rings. The lowest BCUT2D eigenvalue weighted by Crippen LogP contribution is -2.27. The zero-order chi connectivity index (χ0) is 19.2. The van der Waals surface area contributed by atoms with Crippen molar-refractivity contribution in [1.29, 1.82) is 0 Å². The number of amides is 1. The van der Waals surface area contributed by atoms with Crippen LogP contribution in [0.25, 0.3) is 11.3 Å². The van der Waals surface area contributed by atoms with Crippen LogP contribution in [-0.2, 0) is 11.3 Å². The smallest absolute Gasteiger partial charge is 0.254 e. The molecule has 0 saturated carbocycles. The number of hydrogen-bond donors (Lipinski definition) is 1. The number of hydrogen-bond acceptors (Lipinski definition) is 4. The van der Waals surface area contributed by atoms with E-state index in [0.29, 0.717) is 23.0 Å². The Morgan fingerprint density at radius 3 is 2.48 bits per heavy atom. The fourth-order valence-corrected chi connectivity index (χ4v) is 2.61. The minimum absolute atomic E-state index is 0.127. The van der Waals surface area contributed by atoms with E-state index in [-0.39, 0.29) is 18.0 Å². The van der Waals surface area contributed by atoms with Gasteiger partial charge in [0.15, 0.2) is 0 Å². The highest BCUT2D eigenvalue weighted by molar-refractivity contribution is 6.30. The molecule has 0 aliphatic carbocycles. The summed E-state index contributed by atoms with van der Waals surface area (Å²) in [5, 5.41) is 3.29. The van der Waals surface area contributed by atoms with Crippen molar-refractivity contribution in [3.8, 4) is 17.0 Å². The molecule has 0 bridgehead atoms. The molecule has 1 amide bonds. The van der Waals surface area contributed by atoms with Crippen molar-refractivity contribution in [3.63, 3.8) is 0 Å². The minimum Gasteiger partial charge on any atom is -0.494 e. The monoisotopic (exact) mass is 383 g/mol. The first kappa shape index (κ1) is 18.7. The van der Waals surface area contributed by atoms with Crippen LogP contribution in [0.4, 0.5) is 5.69 Å². The van der Waals surface area contributed by atoms with Crippen molar-refractivity contribution in [2.24, 2.45) is 0 Å². The molecule has 0 saturated heterocycles. The van der Waals surface area contributed by atoms with Gasteiger partial charge >= 0.3 is 0 Å². The summed E-state index contributed by atoms with van der Waals surface area (Å²) < 4.78 is 6.65. The zero-order valence-corrected chi connectivity index (χ0v) is 15.4. The van der Waals surface area contributed by atoms with Gasteiger partial charge in [-0.3, -0.25) is 14.2 Å². The molecule has 1 N–H and O–H groups in total. The molecule has 0 aliphatic rings. The normalized spacial score (nSPS) is 10.4. The summed E-state index contributed by atoms with van der Waals surface area (Å²) >= 11 is 5.82. The van der Waals surface area contributed by atoms with Crippen LogP contribution in [0.5, 0.6) is 5.75 Å². The van der Waals surface area contributed by atoms with Crippen LogP contribution in [0.3, 0.4) is 0 Å². The van der Waals surface area contributed by atoms with Gasteiger partial charge in [0, 0.05) is 22.3 Å². The number of ether oxygens (including phenoxy) is 1. The lowest BCUT2D eigenvalue weighted by atomic mass is 10.1. The molecule has 1 heterocycles. The summed E-state index contributed by atoms with van der Waals surface area (Å²) in [6.45, 7) is 2.38. The van der Waals surface area contributed by atoms with Gasteiger partial charge in [0.25, 0.3) is 5.56 Å². The average Bonchev–Trinajstić information content (AvgIpc) is 2.66. The van der Waals surface area contributed by atoms with E-state index in [1.807, 2.05) is 31.2 Å². The minimum atomic E-state index is -0.324. The van der Waals surface area contributed by atoms with Crippen LogP contribution < -0.4 is 15.6 Å². The molecule has 0 atom stereocenters. The fourth-order valence-electron chi connectivity index (χ4n) is 2.48. The van der Waals surface area contributed by atoms with Crippen molar-refractivity contribution in [1.82, 2.24) is 9.55 Å². The number of rotatable bonds is 6. The lowest BCUT2D eigenvalue weighted by molar-refractivity contribution is -0.116. The number of nitrogens with one attached hydrogen (secondary N) is 1. The Labute approximate surface area is 161 Å². The zero-order valence-electron chi connectivity index (χ0n) is 14.7. The number of benzene rings is 2. The number of nitrogens with zero attached hydrogens (tertiary/aromatic N) is 2. The van der Waals surface area contributed by atoms with Crippen LogP contribution in [0.1, 0.15) is 6.92 Å². The van der Waals surface area contributed by atoms with E-state index < -0.39 is 0 Å². The maximum Gasteiger partial charge on any atom is 0.254 e. The molecule has 0 unspecified atom stereocenters. The van der Waals surface area contributed by atoms with E-state index in [0.717, 1.165) is 11.3 Å². The van der Waals surface area contributed by atoms with Gasteiger partial charge in [-0.05, 0) is 55.5 Å². The first-order valence-electron chi connectivity index (χ1n) is 8.40. The van der Waals surface area contributed by atoms with Gasteiger partial charge in [-0.15, -0.1) is 0 Å². The molecule has 0 spiro atoms. The Kier molecular flexibility index (Phi) is 5.88. The fraction of sp³-hybridized carbons (Fsp3) is 0.150. The molecular weight excluding hydrogens is 366 g/mol. The number of halogens is 1. The molecule has 0 radical (unpaired) electrons. The summed E-state index contributed by atoms with van der Waals surface area (Å²) in [6, 6.07) is 15.5. The third kappa shape index (κ3) is 4.95. The molecule has 3 rings (SSSR count). The van der Waals surface area contributed by atoms with E-state index in [2.05, 4.69) is 10.3 Å². The van der Waals surface area contributed by atoms with Gasteiger partial charge < -0.3 is 10.1 Å². The average molecular weight is 384 g/mol. The SMILES string of the molecule is CCOc1ccc(-c2cc(=O)n(CC(=O)Nc3ccc(Cl)cc3)cn2)cc1. The Bertz CT molecular complexity index is 983. The highest BCUT2D eigenvalue weighted by Crippen LogP contribution is 2.19. The van der Waals surface area contributed by atoms with Crippen LogP contribution in [0.15, 0.2) is 65.7 Å². The maximum atomic E-state index is 12.3. The molecule has 0 aliphatic heterocycles. The maximum absolute atomic E-state index is 12.3. The summed E-state index contributed by atoms with van der Waals surface area (Å²) in [5.41, 5.74) is 1.64. The van der Waals surface area contributed by atoms with Gasteiger partial charge in [-0.25, -0.2) is 4.98 Å². The number of aromatic nitrogens is 2. The largest absolute Gasteiger partial charge is 0.494 e. The molecule has 27 heavy (non-hydrogen) atoms. The van der Waals surface area contributed by atoms with Crippen LogP contribution >= 0.6 is 11.6 Å². The number of carbonyl (C=O) groups excluding carboxylic acids is 1. The predicted molar refractivity (Wildman–Crippen MR) is 105 cm³/mol. The van der Waals surface area contributed by atoms with Crippen LogP contribution in [0.2, 0.25) is 5.02 Å². The summed E-state index contributed by atoms with van der Waals surface area (Å²) in [7, 11) is 0. The molecule has 1 aromatic heterocycles. The molecule has 138 valence electrons. The Balaban J connectivity index is 1.69. The number of anilines is 1. The van der Waals surface area contributed by atoms with Gasteiger partial charge in [0.1, 0.15) is 12.3 Å². The second-order valence-corrected chi connectivity index (χ2v) is 6.19. The Morgan fingerprint density at radius 2 is 1.85 bits per heavy atom. The topological polar surface area (TPSA) is 73.2 Å². The molecule has 2 aromatic carbocycles.